The minimum Gasteiger partial charge on any atom is -0.270 e. The van der Waals surface area contributed by atoms with Crippen LogP contribution in [0, 0.1) is 0 Å². The van der Waals surface area contributed by atoms with Gasteiger partial charge in [0.15, 0.2) is 0 Å². The Morgan fingerprint density at radius 3 is 0.415 bits per heavy atom. The summed E-state index contributed by atoms with van der Waals surface area (Å²) in [5.74, 6) is 0. The van der Waals surface area contributed by atoms with E-state index in [1.54, 1.807) is 0 Å². The number of hydrogen-bond donors (Lipinski definition) is 0. The SMILES string of the molecule is CCCCOP(=[OH+])(CCCC)OCCCC.CCCCOP(=[OH+])(CCCC)OCCCC.CCCCOP(=[OH+])(CCCC)OCCCC.CCCCOP(=[OH+])(CCCC)OCCCC.[Co+2]. The molecule has 0 bridgehead atoms. The predicted molar refractivity (Wildman–Crippen MR) is 281 cm³/mol. The van der Waals surface area contributed by atoms with Crippen molar-refractivity contribution in [2.45, 2.75) is 237 Å². The molecule has 0 aromatic carbocycles. The molecule has 399 valence electrons. The zero-order chi connectivity index (χ0) is 49.1. The van der Waals surface area contributed by atoms with E-state index in [1.165, 1.54) is 0 Å². The van der Waals surface area contributed by atoms with Crippen molar-refractivity contribution in [1.29, 1.82) is 0 Å². The molecule has 0 rings (SSSR count). The predicted octanol–water partition coefficient (Wildman–Crippen LogP) is 18.2. The van der Waals surface area contributed by atoms with E-state index in [-0.39, 0.29) is 16.8 Å². The summed E-state index contributed by atoms with van der Waals surface area (Å²) in [6.07, 6.45) is 27.5. The van der Waals surface area contributed by atoms with Crippen LogP contribution in [0.1, 0.15) is 237 Å². The van der Waals surface area contributed by atoms with Crippen LogP contribution in [-0.2, 0) is 53.0 Å². The molecule has 12 nitrogen and oxygen atoms in total. The monoisotopic (exact) mass is 1060 g/mol. The van der Waals surface area contributed by atoms with Crippen LogP contribution >= 0.6 is 30.4 Å². The average Bonchev–Trinajstić information content (AvgIpc) is 3.28. The van der Waals surface area contributed by atoms with E-state index in [0.717, 1.165) is 154 Å². The Hall–Kier alpha value is 1.11. The third kappa shape index (κ3) is 54.3. The fourth-order valence-electron chi connectivity index (χ4n) is 4.91. The third-order valence-electron chi connectivity index (χ3n) is 9.50. The van der Waals surface area contributed by atoms with E-state index < -0.39 is 30.4 Å². The van der Waals surface area contributed by atoms with Gasteiger partial charge in [0.1, 0.15) is 24.6 Å². The van der Waals surface area contributed by atoms with Crippen LogP contribution in [0.15, 0.2) is 0 Å². The second-order valence-electron chi connectivity index (χ2n) is 16.4. The molecule has 0 unspecified atom stereocenters. The summed E-state index contributed by atoms with van der Waals surface area (Å²) in [5.41, 5.74) is 0. The van der Waals surface area contributed by atoms with Crippen molar-refractivity contribution in [2.75, 3.05) is 77.5 Å². The van der Waals surface area contributed by atoms with Crippen LogP contribution in [0.4, 0.5) is 0 Å². The molecule has 0 saturated heterocycles. The van der Waals surface area contributed by atoms with Crippen molar-refractivity contribution in [3.8, 4) is 0 Å². The molecule has 0 heterocycles. The Kier molecular flexibility index (Phi) is 64.7. The Morgan fingerprint density at radius 1 is 0.215 bits per heavy atom. The van der Waals surface area contributed by atoms with Gasteiger partial charge in [0.2, 0.25) is 0 Å². The summed E-state index contributed by atoms with van der Waals surface area (Å²) in [5, 5.41) is 0. The maximum absolute atomic E-state index is 10.3. The fourth-order valence-corrected chi connectivity index (χ4v) is 12.4. The second kappa shape index (κ2) is 56.0. The van der Waals surface area contributed by atoms with E-state index in [1.807, 2.05) is 0 Å². The molecule has 0 aromatic heterocycles. The summed E-state index contributed by atoms with van der Waals surface area (Å²) < 4.78 is 85.6. The van der Waals surface area contributed by atoms with Crippen molar-refractivity contribution >= 4 is 30.4 Å². The van der Waals surface area contributed by atoms with Crippen LogP contribution in [0.3, 0.4) is 0 Å². The van der Waals surface area contributed by atoms with E-state index in [0.29, 0.717) is 77.5 Å². The van der Waals surface area contributed by atoms with Crippen LogP contribution in [0.25, 0.3) is 0 Å². The van der Waals surface area contributed by atoms with Gasteiger partial charge in [0.25, 0.3) is 0 Å². The quantitative estimate of drug-likeness (QED) is 0.0331. The molecule has 0 aliphatic heterocycles. The van der Waals surface area contributed by atoms with Crippen LogP contribution in [0.5, 0.6) is 0 Å². The molecule has 0 atom stereocenters. The molecule has 0 amide bonds. The molecule has 0 aromatic rings. The first kappa shape index (κ1) is 75.0. The average molecular weight is 1060 g/mol. The van der Waals surface area contributed by atoms with Gasteiger partial charge in [0, 0.05) is 0 Å². The van der Waals surface area contributed by atoms with Crippen LogP contribution in [0.2, 0.25) is 0 Å². The van der Waals surface area contributed by atoms with Gasteiger partial charge in [-0.15, -0.1) is 0 Å². The fraction of sp³-hybridized carbons (Fsp3) is 1.00. The molecule has 0 fully saturated rings. The second-order valence-corrected chi connectivity index (χ2v) is 25.3. The van der Waals surface area contributed by atoms with Gasteiger partial charge in [-0.3, -0.25) is 54.5 Å². The Morgan fingerprint density at radius 2 is 0.323 bits per heavy atom. The zero-order valence-electron chi connectivity index (χ0n) is 44.6. The summed E-state index contributed by atoms with van der Waals surface area (Å²) >= 11 is 0. The van der Waals surface area contributed by atoms with Gasteiger partial charge in [0.05, 0.1) is 52.9 Å². The molecule has 0 aliphatic carbocycles. The largest absolute Gasteiger partial charge is 2.00 e. The van der Waals surface area contributed by atoms with Crippen molar-refractivity contribution in [2.24, 2.45) is 0 Å². The summed E-state index contributed by atoms with van der Waals surface area (Å²) in [6.45, 7) is 30.4. The minimum atomic E-state index is -2.55. The molecule has 17 heteroatoms. The van der Waals surface area contributed by atoms with E-state index in [9.17, 15) is 18.3 Å². The summed E-state index contributed by atoms with van der Waals surface area (Å²) in [4.78, 5) is 0. The van der Waals surface area contributed by atoms with Crippen molar-refractivity contribution in [1.82, 2.24) is 0 Å². The van der Waals surface area contributed by atoms with E-state index in [4.69, 9.17) is 36.2 Å². The van der Waals surface area contributed by atoms with Crippen molar-refractivity contribution in [3.63, 3.8) is 0 Å². The maximum atomic E-state index is 10.3. The van der Waals surface area contributed by atoms with E-state index in [2.05, 4.69) is 83.1 Å². The molecule has 65 heavy (non-hydrogen) atoms. The van der Waals surface area contributed by atoms with Crippen LogP contribution in [-0.4, -0.2) is 95.8 Å². The Balaban J connectivity index is -0.000000245. The number of unbranched alkanes of at least 4 members (excludes halogenated alkanes) is 12. The molecule has 4 N–H and O–H groups in total. The summed E-state index contributed by atoms with van der Waals surface area (Å²) in [6, 6.07) is 0. The first-order valence-electron chi connectivity index (χ1n) is 26.3. The normalized spacial score (nSPS) is 11.8. The third-order valence-corrected chi connectivity index (χ3v) is 17.7. The molecule has 0 spiro atoms. The molecule has 0 saturated carbocycles. The Bertz CT molecular complexity index is 898. The van der Waals surface area contributed by atoms with Gasteiger partial charge in [-0.1, -0.05) is 160 Å². The van der Waals surface area contributed by atoms with Gasteiger partial charge < -0.3 is 0 Å². The first-order chi connectivity index (χ1) is 30.7. The minimum absolute atomic E-state index is 0. The molecule has 0 aliphatic rings. The standard InChI is InChI=1S/4C12H27O3P.Co/c4*1-4-7-10-14-16(13,12-9-6-3)15-11-8-5-2;/h4*4-12H2,1-3H3;/q;;;;+2/p+4. The van der Waals surface area contributed by atoms with Gasteiger partial charge in [-0.25, -0.2) is 0 Å². The smallest absolute Gasteiger partial charge is 0.270 e. The van der Waals surface area contributed by atoms with Gasteiger partial charge in [-0.05, 0) is 77.0 Å². The van der Waals surface area contributed by atoms with Crippen molar-refractivity contribution < 1.29 is 71.2 Å². The maximum Gasteiger partial charge on any atom is 2.00 e. The number of hydrogen-bond acceptors (Lipinski definition) is 8. The van der Waals surface area contributed by atoms with Crippen molar-refractivity contribution in [3.05, 3.63) is 0 Å². The van der Waals surface area contributed by atoms with E-state index >= 15 is 0 Å². The first-order valence-corrected chi connectivity index (χ1v) is 33.4. The molecular formula is C48H112CoO12P4+6. The molecule has 1 radical (unpaired) electrons. The zero-order valence-corrected chi connectivity index (χ0v) is 49.3. The number of rotatable bonds is 44. The van der Waals surface area contributed by atoms with Gasteiger partial charge >= 0.3 is 47.2 Å². The topological polar surface area (TPSA) is 159 Å². The summed E-state index contributed by atoms with van der Waals surface area (Å²) in [7, 11) is -10.2. The Labute approximate surface area is 414 Å². The molecular weight excluding hydrogens is 951 g/mol. The van der Waals surface area contributed by atoms with Gasteiger partial charge in [-0.2, -0.15) is 0 Å². The van der Waals surface area contributed by atoms with Crippen LogP contribution < -0.4 is 0 Å².